The van der Waals surface area contributed by atoms with Crippen LogP contribution in [-0.2, 0) is 0 Å². The Kier molecular flexibility index (Phi) is 5.07. The molecule has 0 aliphatic carbocycles. The number of rotatable bonds is 5. The molecule has 28 heavy (non-hydrogen) atoms. The number of H-pyrrole nitrogens is 1. The Balaban J connectivity index is 1.54. The van der Waals surface area contributed by atoms with E-state index in [2.05, 4.69) is 20.6 Å². The van der Waals surface area contributed by atoms with Crippen molar-refractivity contribution < 1.29 is 4.39 Å². The van der Waals surface area contributed by atoms with Crippen LogP contribution in [0.2, 0.25) is 0 Å². The Morgan fingerprint density at radius 1 is 0.929 bits per heavy atom. The number of aromatic amines is 1. The van der Waals surface area contributed by atoms with E-state index in [-0.39, 0.29) is 5.82 Å². The van der Waals surface area contributed by atoms with Crippen molar-refractivity contribution in [1.29, 1.82) is 0 Å². The molecule has 0 unspecified atom stereocenters. The topological polar surface area (TPSA) is 58.0 Å². The second-order valence-electron chi connectivity index (χ2n) is 6.03. The van der Waals surface area contributed by atoms with E-state index in [9.17, 15) is 4.39 Å². The molecular formula is C21H16FN5S. The highest BCUT2D eigenvalue weighted by Gasteiger charge is 2.08. The Morgan fingerprint density at radius 2 is 1.61 bits per heavy atom. The predicted octanol–water partition coefficient (Wildman–Crippen LogP) is 5.37. The highest BCUT2D eigenvalue weighted by molar-refractivity contribution is 7.71. The van der Waals surface area contributed by atoms with Gasteiger partial charge in [-0.3, -0.25) is 0 Å². The van der Waals surface area contributed by atoms with Gasteiger partial charge in [-0.1, -0.05) is 30.3 Å². The van der Waals surface area contributed by atoms with Crippen molar-refractivity contribution in [1.82, 2.24) is 14.9 Å². The molecule has 0 atom stereocenters. The first-order valence-corrected chi connectivity index (χ1v) is 9.00. The van der Waals surface area contributed by atoms with E-state index in [1.54, 1.807) is 18.3 Å². The number of hydrogen-bond donors (Lipinski definition) is 2. The van der Waals surface area contributed by atoms with Crippen LogP contribution in [0.3, 0.4) is 0 Å². The summed E-state index contributed by atoms with van der Waals surface area (Å²) in [6.07, 6.45) is 1.70. The van der Waals surface area contributed by atoms with Gasteiger partial charge < -0.3 is 5.32 Å². The number of nitrogens with zero attached hydrogens (tertiary/aromatic N) is 3. The Hall–Kier alpha value is -3.58. The molecule has 2 N–H and O–H groups in total. The van der Waals surface area contributed by atoms with Gasteiger partial charge in [-0.15, -0.1) is 0 Å². The van der Waals surface area contributed by atoms with E-state index in [0.29, 0.717) is 16.2 Å². The van der Waals surface area contributed by atoms with Crippen LogP contribution in [0.5, 0.6) is 0 Å². The van der Waals surface area contributed by atoms with E-state index in [1.165, 1.54) is 16.8 Å². The van der Waals surface area contributed by atoms with Gasteiger partial charge >= 0.3 is 0 Å². The van der Waals surface area contributed by atoms with Crippen molar-refractivity contribution in [2.24, 2.45) is 5.10 Å². The van der Waals surface area contributed by atoms with Crippen molar-refractivity contribution in [3.05, 3.63) is 95.0 Å². The first kappa shape index (κ1) is 17.8. The molecule has 3 aromatic carbocycles. The van der Waals surface area contributed by atoms with Crippen LogP contribution < -0.4 is 5.32 Å². The van der Waals surface area contributed by atoms with Gasteiger partial charge in [0.15, 0.2) is 5.82 Å². The summed E-state index contributed by atoms with van der Waals surface area (Å²) in [6, 6.07) is 23.8. The van der Waals surface area contributed by atoms with Crippen molar-refractivity contribution in [3.8, 4) is 11.4 Å². The van der Waals surface area contributed by atoms with E-state index in [1.807, 2.05) is 54.6 Å². The van der Waals surface area contributed by atoms with Gasteiger partial charge in [-0.25, -0.2) is 9.49 Å². The molecule has 5 nitrogen and oxygen atoms in total. The van der Waals surface area contributed by atoms with Gasteiger partial charge in [0.1, 0.15) is 5.82 Å². The lowest BCUT2D eigenvalue weighted by Gasteiger charge is -2.06. The summed E-state index contributed by atoms with van der Waals surface area (Å²) in [7, 11) is 0. The number of para-hydroxylation sites is 1. The number of halogens is 1. The minimum atomic E-state index is -0.308. The Labute approximate surface area is 166 Å². The monoisotopic (exact) mass is 389 g/mol. The van der Waals surface area contributed by atoms with Gasteiger partial charge in [0.2, 0.25) is 4.77 Å². The maximum atomic E-state index is 13.2. The average molecular weight is 389 g/mol. The third kappa shape index (κ3) is 4.05. The smallest absolute Gasteiger partial charge is 0.216 e. The predicted molar refractivity (Wildman–Crippen MR) is 112 cm³/mol. The molecule has 0 aliphatic rings. The zero-order valence-electron chi connectivity index (χ0n) is 14.7. The van der Waals surface area contributed by atoms with Crippen molar-refractivity contribution in [2.75, 3.05) is 5.32 Å². The van der Waals surface area contributed by atoms with Crippen LogP contribution in [0.1, 0.15) is 5.56 Å². The molecule has 4 rings (SSSR count). The standard InChI is InChI=1S/C21H16FN5S/c22-17-10-8-16(9-11-17)20-25-26-21(28)27(20)23-14-15-6-12-19(13-7-15)24-18-4-2-1-3-5-18/h1-14,24H,(H,26,28)/b23-14-. The quantitative estimate of drug-likeness (QED) is 0.356. The molecular weight excluding hydrogens is 373 g/mol. The Morgan fingerprint density at radius 3 is 2.32 bits per heavy atom. The molecule has 0 spiro atoms. The fraction of sp³-hybridized carbons (Fsp3) is 0. The van der Waals surface area contributed by atoms with E-state index >= 15 is 0 Å². The zero-order chi connectivity index (χ0) is 19.3. The maximum Gasteiger partial charge on any atom is 0.216 e. The molecule has 0 aliphatic heterocycles. The Bertz CT molecular complexity index is 1150. The van der Waals surface area contributed by atoms with E-state index < -0.39 is 0 Å². The van der Waals surface area contributed by atoms with Gasteiger partial charge in [0.25, 0.3) is 0 Å². The first-order chi connectivity index (χ1) is 13.7. The number of anilines is 2. The van der Waals surface area contributed by atoms with Crippen molar-refractivity contribution in [3.63, 3.8) is 0 Å². The number of hydrogen-bond acceptors (Lipinski definition) is 4. The summed E-state index contributed by atoms with van der Waals surface area (Å²) in [5.41, 5.74) is 3.63. The summed E-state index contributed by atoms with van der Waals surface area (Å²) in [6.45, 7) is 0. The van der Waals surface area contributed by atoms with Crippen LogP contribution in [0.25, 0.3) is 11.4 Å². The lowest BCUT2D eigenvalue weighted by molar-refractivity contribution is 0.628. The fourth-order valence-electron chi connectivity index (χ4n) is 2.65. The molecule has 0 radical (unpaired) electrons. The summed E-state index contributed by atoms with van der Waals surface area (Å²) < 4.78 is 15.0. The van der Waals surface area contributed by atoms with Gasteiger partial charge in [0, 0.05) is 16.9 Å². The SMILES string of the molecule is Fc1ccc(-c2n[nH]c(=S)n2/N=C\c2ccc(Nc3ccccc3)cc2)cc1. The molecule has 0 amide bonds. The van der Waals surface area contributed by atoms with Gasteiger partial charge in [-0.2, -0.15) is 14.9 Å². The molecule has 138 valence electrons. The largest absolute Gasteiger partial charge is 0.356 e. The lowest BCUT2D eigenvalue weighted by Crippen LogP contribution is -1.95. The summed E-state index contributed by atoms with van der Waals surface area (Å²) >= 11 is 5.25. The second kappa shape index (κ2) is 7.98. The summed E-state index contributed by atoms with van der Waals surface area (Å²) in [5.74, 6) is 0.209. The summed E-state index contributed by atoms with van der Waals surface area (Å²) in [4.78, 5) is 0. The van der Waals surface area contributed by atoms with Crippen LogP contribution in [-0.4, -0.2) is 21.1 Å². The van der Waals surface area contributed by atoms with E-state index in [0.717, 1.165) is 16.9 Å². The van der Waals surface area contributed by atoms with Crippen LogP contribution >= 0.6 is 12.2 Å². The average Bonchev–Trinajstić information content (AvgIpc) is 3.09. The van der Waals surface area contributed by atoms with Crippen LogP contribution in [0.4, 0.5) is 15.8 Å². The number of nitrogens with one attached hydrogen (secondary N) is 2. The summed E-state index contributed by atoms with van der Waals surface area (Å²) in [5, 5.41) is 14.7. The molecule has 0 saturated carbocycles. The molecule has 1 aromatic heterocycles. The highest BCUT2D eigenvalue weighted by atomic mass is 32.1. The molecule has 7 heteroatoms. The third-order valence-electron chi connectivity index (χ3n) is 4.05. The van der Waals surface area contributed by atoms with Crippen LogP contribution in [0.15, 0.2) is 84.0 Å². The van der Waals surface area contributed by atoms with Gasteiger partial charge in [-0.05, 0) is 66.3 Å². The van der Waals surface area contributed by atoms with Crippen molar-refractivity contribution >= 4 is 29.8 Å². The maximum absolute atomic E-state index is 13.2. The minimum Gasteiger partial charge on any atom is -0.356 e. The minimum absolute atomic E-state index is 0.308. The second-order valence-corrected chi connectivity index (χ2v) is 6.42. The number of benzene rings is 3. The van der Waals surface area contributed by atoms with Crippen LogP contribution in [0, 0.1) is 10.6 Å². The lowest BCUT2D eigenvalue weighted by atomic mass is 10.2. The van der Waals surface area contributed by atoms with E-state index in [4.69, 9.17) is 12.2 Å². The zero-order valence-corrected chi connectivity index (χ0v) is 15.5. The molecule has 0 bridgehead atoms. The van der Waals surface area contributed by atoms with Crippen molar-refractivity contribution in [2.45, 2.75) is 0 Å². The molecule has 1 heterocycles. The molecule has 0 saturated heterocycles. The number of aromatic nitrogens is 3. The highest BCUT2D eigenvalue weighted by Crippen LogP contribution is 2.18. The van der Waals surface area contributed by atoms with Gasteiger partial charge in [0.05, 0.1) is 6.21 Å². The normalized spacial score (nSPS) is 11.0. The molecule has 4 aromatic rings. The fourth-order valence-corrected chi connectivity index (χ4v) is 2.83. The molecule has 0 fully saturated rings. The third-order valence-corrected chi connectivity index (χ3v) is 4.31. The first-order valence-electron chi connectivity index (χ1n) is 8.59.